The predicted molar refractivity (Wildman–Crippen MR) is 84.5 cm³/mol. The zero-order valence-corrected chi connectivity index (χ0v) is 15.0. The number of halogens is 3. The van der Waals surface area contributed by atoms with Crippen LogP contribution in [0.5, 0.6) is 0 Å². The standard InChI is InChI=1S/C16H25F3N4O/c1-9-12(10(2)22(6)21-9)13(16(17,18)19)20-14(24)23-7-11(8-23)15(3,4)5/h11,13H,7-8H2,1-6H3,(H,20,24). The van der Waals surface area contributed by atoms with Gasteiger partial charge in [0.15, 0.2) is 6.04 Å². The smallest absolute Gasteiger partial charge is 0.324 e. The van der Waals surface area contributed by atoms with Gasteiger partial charge >= 0.3 is 12.2 Å². The average molecular weight is 346 g/mol. The zero-order chi connectivity index (χ0) is 18.4. The van der Waals surface area contributed by atoms with Crippen LogP contribution in [-0.4, -0.2) is 40.0 Å². The van der Waals surface area contributed by atoms with Crippen molar-refractivity contribution in [1.82, 2.24) is 20.0 Å². The number of aromatic nitrogens is 2. The van der Waals surface area contributed by atoms with Crippen molar-refractivity contribution in [3.8, 4) is 0 Å². The molecule has 136 valence electrons. The second-order valence-corrected chi connectivity index (χ2v) is 7.60. The molecule has 0 bridgehead atoms. The number of carbonyl (C=O) groups is 1. The Kier molecular flexibility index (Phi) is 4.63. The van der Waals surface area contributed by atoms with Gasteiger partial charge in [0, 0.05) is 31.4 Å². The van der Waals surface area contributed by atoms with Crippen molar-refractivity contribution in [2.45, 2.75) is 46.8 Å². The number of nitrogens with zero attached hydrogens (tertiary/aromatic N) is 3. The number of carbonyl (C=O) groups excluding carboxylic acids is 1. The summed E-state index contributed by atoms with van der Waals surface area (Å²) in [4.78, 5) is 13.7. The molecule has 1 unspecified atom stereocenters. The maximum Gasteiger partial charge on any atom is 0.413 e. The van der Waals surface area contributed by atoms with Crippen LogP contribution in [0.3, 0.4) is 0 Å². The molecule has 1 saturated heterocycles. The zero-order valence-electron chi connectivity index (χ0n) is 15.0. The minimum atomic E-state index is -4.58. The van der Waals surface area contributed by atoms with Crippen molar-refractivity contribution in [3.05, 3.63) is 17.0 Å². The van der Waals surface area contributed by atoms with Crippen molar-refractivity contribution in [2.24, 2.45) is 18.4 Å². The number of nitrogens with one attached hydrogen (secondary N) is 1. The highest BCUT2D eigenvalue weighted by Crippen LogP contribution is 2.37. The molecule has 0 radical (unpaired) electrons. The van der Waals surface area contributed by atoms with E-state index in [-0.39, 0.29) is 16.7 Å². The molecule has 1 aliphatic heterocycles. The number of aryl methyl sites for hydroxylation is 2. The van der Waals surface area contributed by atoms with Crippen molar-refractivity contribution >= 4 is 6.03 Å². The van der Waals surface area contributed by atoms with E-state index in [1.165, 1.54) is 16.5 Å². The summed E-state index contributed by atoms with van der Waals surface area (Å²) in [5, 5.41) is 6.18. The van der Waals surface area contributed by atoms with Crippen molar-refractivity contribution in [1.29, 1.82) is 0 Å². The summed E-state index contributed by atoms with van der Waals surface area (Å²) in [7, 11) is 1.59. The Bertz CT molecular complexity index is 624. The molecule has 2 amide bonds. The molecule has 0 spiro atoms. The highest BCUT2D eigenvalue weighted by atomic mass is 19.4. The van der Waals surface area contributed by atoms with Gasteiger partial charge in [-0.2, -0.15) is 18.3 Å². The summed E-state index contributed by atoms with van der Waals surface area (Å²) in [6.07, 6.45) is -4.58. The third kappa shape index (κ3) is 3.52. The Hall–Kier alpha value is -1.73. The van der Waals surface area contributed by atoms with Crippen LogP contribution >= 0.6 is 0 Å². The Morgan fingerprint density at radius 2 is 1.79 bits per heavy atom. The third-order valence-electron chi connectivity index (χ3n) is 4.84. The van der Waals surface area contributed by atoms with Gasteiger partial charge in [0.25, 0.3) is 0 Å². The molecule has 1 aromatic rings. The van der Waals surface area contributed by atoms with E-state index in [1.807, 2.05) is 0 Å². The summed E-state index contributed by atoms with van der Waals surface area (Å²) < 4.78 is 41.9. The fourth-order valence-electron chi connectivity index (χ4n) is 2.93. The molecule has 1 fully saturated rings. The minimum absolute atomic E-state index is 0.0197. The van der Waals surface area contributed by atoms with Gasteiger partial charge in [0.1, 0.15) is 0 Å². The van der Waals surface area contributed by atoms with Gasteiger partial charge in [0.05, 0.1) is 5.69 Å². The van der Waals surface area contributed by atoms with Gasteiger partial charge in [-0.3, -0.25) is 4.68 Å². The van der Waals surface area contributed by atoms with E-state index in [9.17, 15) is 18.0 Å². The van der Waals surface area contributed by atoms with E-state index < -0.39 is 18.2 Å². The molecule has 8 heteroatoms. The largest absolute Gasteiger partial charge is 0.413 e. The van der Waals surface area contributed by atoms with E-state index in [2.05, 4.69) is 31.2 Å². The Morgan fingerprint density at radius 3 is 2.17 bits per heavy atom. The lowest BCUT2D eigenvalue weighted by Gasteiger charge is -2.46. The Morgan fingerprint density at radius 1 is 1.25 bits per heavy atom. The van der Waals surface area contributed by atoms with Crippen LogP contribution in [0, 0.1) is 25.2 Å². The van der Waals surface area contributed by atoms with E-state index in [4.69, 9.17) is 0 Å². The number of alkyl halides is 3. The molecule has 2 heterocycles. The van der Waals surface area contributed by atoms with Crippen molar-refractivity contribution < 1.29 is 18.0 Å². The molecule has 0 saturated carbocycles. The molecule has 0 aromatic carbocycles. The van der Waals surface area contributed by atoms with Crippen LogP contribution < -0.4 is 5.32 Å². The molecule has 1 aliphatic rings. The summed E-state index contributed by atoms with van der Waals surface area (Å²) in [6.45, 7) is 10.2. The Balaban J connectivity index is 2.16. The first-order chi connectivity index (χ1) is 10.8. The molecule has 24 heavy (non-hydrogen) atoms. The van der Waals surface area contributed by atoms with E-state index in [0.717, 1.165) is 0 Å². The van der Waals surface area contributed by atoms with Crippen LogP contribution in [0.25, 0.3) is 0 Å². The van der Waals surface area contributed by atoms with Crippen LogP contribution in [0.4, 0.5) is 18.0 Å². The van der Waals surface area contributed by atoms with E-state index in [1.54, 1.807) is 14.0 Å². The molecular formula is C16H25F3N4O. The molecule has 1 aromatic heterocycles. The van der Waals surface area contributed by atoms with Gasteiger partial charge in [-0.05, 0) is 25.2 Å². The lowest BCUT2D eigenvalue weighted by molar-refractivity contribution is -0.156. The van der Waals surface area contributed by atoms with Gasteiger partial charge in [-0.15, -0.1) is 0 Å². The monoisotopic (exact) mass is 346 g/mol. The number of hydrogen-bond acceptors (Lipinski definition) is 2. The molecule has 2 rings (SSSR count). The van der Waals surface area contributed by atoms with Gasteiger partial charge in [-0.1, -0.05) is 20.8 Å². The first-order valence-corrected chi connectivity index (χ1v) is 7.94. The molecule has 1 atom stereocenters. The summed E-state index contributed by atoms with van der Waals surface area (Å²) in [5.74, 6) is 0.300. The second-order valence-electron chi connectivity index (χ2n) is 7.60. The predicted octanol–water partition coefficient (Wildman–Crippen LogP) is 3.33. The van der Waals surface area contributed by atoms with Crippen LogP contribution in [0.1, 0.15) is 43.8 Å². The quantitative estimate of drug-likeness (QED) is 0.893. The number of amides is 2. The summed E-state index contributed by atoms with van der Waals surface area (Å²) in [5.41, 5.74) is 0.725. The Labute approximate surface area is 140 Å². The molecule has 5 nitrogen and oxygen atoms in total. The molecule has 0 aliphatic carbocycles. The van der Waals surface area contributed by atoms with E-state index >= 15 is 0 Å². The van der Waals surface area contributed by atoms with Gasteiger partial charge < -0.3 is 10.2 Å². The highest BCUT2D eigenvalue weighted by Gasteiger charge is 2.46. The van der Waals surface area contributed by atoms with Crippen LogP contribution in [-0.2, 0) is 7.05 Å². The van der Waals surface area contributed by atoms with Gasteiger partial charge in [0.2, 0.25) is 0 Å². The third-order valence-corrected chi connectivity index (χ3v) is 4.84. The lowest BCUT2D eigenvalue weighted by Crippen LogP contribution is -2.58. The normalized spacial score (nSPS) is 17.6. The second kappa shape index (κ2) is 5.97. The van der Waals surface area contributed by atoms with Crippen molar-refractivity contribution in [2.75, 3.05) is 13.1 Å². The van der Waals surface area contributed by atoms with Crippen molar-refractivity contribution in [3.63, 3.8) is 0 Å². The molecular weight excluding hydrogens is 321 g/mol. The first-order valence-electron chi connectivity index (χ1n) is 7.94. The number of likely N-dealkylation sites (tertiary alicyclic amines) is 1. The number of urea groups is 1. The average Bonchev–Trinajstić information content (AvgIpc) is 2.55. The molecule has 1 N–H and O–H groups in total. The number of hydrogen-bond donors (Lipinski definition) is 1. The topological polar surface area (TPSA) is 50.2 Å². The maximum absolute atomic E-state index is 13.5. The fraction of sp³-hybridized carbons (Fsp3) is 0.750. The SMILES string of the molecule is Cc1nn(C)c(C)c1C(NC(=O)N1CC(C(C)(C)C)C1)C(F)(F)F. The first kappa shape index (κ1) is 18.6. The van der Waals surface area contributed by atoms with Crippen LogP contribution in [0.2, 0.25) is 0 Å². The maximum atomic E-state index is 13.5. The van der Waals surface area contributed by atoms with E-state index in [0.29, 0.717) is 24.7 Å². The number of rotatable bonds is 2. The summed E-state index contributed by atoms with van der Waals surface area (Å²) >= 11 is 0. The minimum Gasteiger partial charge on any atom is -0.324 e. The summed E-state index contributed by atoms with van der Waals surface area (Å²) in [6, 6.07) is -2.73. The lowest BCUT2D eigenvalue weighted by atomic mass is 9.76. The van der Waals surface area contributed by atoms with Gasteiger partial charge in [-0.25, -0.2) is 4.79 Å². The van der Waals surface area contributed by atoms with Crippen LogP contribution in [0.15, 0.2) is 0 Å². The highest BCUT2D eigenvalue weighted by molar-refractivity contribution is 5.76. The fourth-order valence-corrected chi connectivity index (χ4v) is 2.93.